The summed E-state index contributed by atoms with van der Waals surface area (Å²) in [6, 6.07) is 0. The summed E-state index contributed by atoms with van der Waals surface area (Å²) in [5.41, 5.74) is 5.97. The topological polar surface area (TPSA) is 33.1 Å². The van der Waals surface area contributed by atoms with E-state index in [2.05, 4.69) is 22.5 Å². The minimum Gasteiger partial charge on any atom is -0.271 e. The molecule has 2 rings (SSSR count). The number of hydrazine groups is 1. The molecule has 0 saturated heterocycles. The molecule has 0 saturated carbocycles. The largest absolute Gasteiger partial charge is 0.271 e. The summed E-state index contributed by atoms with van der Waals surface area (Å²) < 4.78 is 1.95. The van der Waals surface area contributed by atoms with Gasteiger partial charge in [-0.3, -0.25) is 10.1 Å². The summed E-state index contributed by atoms with van der Waals surface area (Å²) in [7, 11) is 1.99. The molecule has 0 radical (unpaired) electrons. The van der Waals surface area contributed by atoms with Crippen LogP contribution in [0.1, 0.15) is 18.2 Å². The van der Waals surface area contributed by atoms with Gasteiger partial charge >= 0.3 is 0 Å². The minimum atomic E-state index is 0.972. The van der Waals surface area contributed by atoms with Crippen molar-refractivity contribution in [3.63, 3.8) is 0 Å². The predicted molar refractivity (Wildman–Crippen MR) is 46.1 cm³/mol. The Hall–Kier alpha value is -0.870. The highest BCUT2D eigenvalue weighted by Gasteiger charge is 2.21. The Morgan fingerprint density at radius 1 is 1.58 bits per heavy atom. The van der Waals surface area contributed by atoms with Gasteiger partial charge in [0.25, 0.3) is 0 Å². The van der Waals surface area contributed by atoms with Gasteiger partial charge < -0.3 is 0 Å². The number of hydrogen-bond acceptors (Lipinski definition) is 3. The fourth-order valence-electron chi connectivity index (χ4n) is 1.62. The third-order valence-electron chi connectivity index (χ3n) is 2.23. The number of aromatic nitrogens is 2. The third-order valence-corrected chi connectivity index (χ3v) is 2.23. The molecule has 1 aliphatic rings. The highest BCUT2D eigenvalue weighted by atomic mass is 15.5. The molecule has 0 bridgehead atoms. The van der Waals surface area contributed by atoms with Crippen LogP contribution in [0.2, 0.25) is 0 Å². The van der Waals surface area contributed by atoms with Crippen molar-refractivity contribution in [2.24, 2.45) is 7.05 Å². The maximum Gasteiger partial charge on any atom is 0.0581 e. The first-order chi connectivity index (χ1) is 5.81. The van der Waals surface area contributed by atoms with Gasteiger partial charge in [-0.25, -0.2) is 5.01 Å². The molecular formula is C8H14N4. The molecule has 66 valence electrons. The first kappa shape index (κ1) is 7.76. The Labute approximate surface area is 72.1 Å². The zero-order chi connectivity index (χ0) is 8.55. The summed E-state index contributed by atoms with van der Waals surface area (Å²) in [5, 5.41) is 6.41. The maximum atomic E-state index is 4.20. The molecule has 0 amide bonds. The first-order valence-corrected chi connectivity index (χ1v) is 4.29. The standard InChI is InChI=1S/C8H14N4/c1-3-9-12-5-7-4-10-11(2)8(7)6-12/h4,9H,3,5-6H2,1-2H3. The molecule has 0 atom stereocenters. The fourth-order valence-corrected chi connectivity index (χ4v) is 1.62. The lowest BCUT2D eigenvalue weighted by atomic mass is 10.3. The van der Waals surface area contributed by atoms with Crippen LogP contribution in [0.3, 0.4) is 0 Å². The van der Waals surface area contributed by atoms with Crippen LogP contribution in [-0.4, -0.2) is 21.3 Å². The summed E-state index contributed by atoms with van der Waals surface area (Å²) in [5.74, 6) is 0. The van der Waals surface area contributed by atoms with E-state index in [1.807, 2.05) is 17.9 Å². The van der Waals surface area contributed by atoms with E-state index in [9.17, 15) is 0 Å². The first-order valence-electron chi connectivity index (χ1n) is 4.29. The van der Waals surface area contributed by atoms with E-state index in [1.54, 1.807) is 0 Å². The number of hydrogen-bond donors (Lipinski definition) is 1. The van der Waals surface area contributed by atoms with Crippen molar-refractivity contribution >= 4 is 0 Å². The van der Waals surface area contributed by atoms with Gasteiger partial charge in [0, 0.05) is 25.7 Å². The van der Waals surface area contributed by atoms with Gasteiger partial charge in [0.15, 0.2) is 0 Å². The number of nitrogens with one attached hydrogen (secondary N) is 1. The molecular weight excluding hydrogens is 152 g/mol. The molecule has 0 spiro atoms. The van der Waals surface area contributed by atoms with Gasteiger partial charge in [-0.15, -0.1) is 0 Å². The van der Waals surface area contributed by atoms with E-state index < -0.39 is 0 Å². The van der Waals surface area contributed by atoms with E-state index in [4.69, 9.17) is 0 Å². The summed E-state index contributed by atoms with van der Waals surface area (Å²) in [6.07, 6.45) is 1.95. The fraction of sp³-hybridized carbons (Fsp3) is 0.625. The van der Waals surface area contributed by atoms with Crippen LogP contribution in [0.25, 0.3) is 0 Å². The number of aryl methyl sites for hydroxylation is 1. The summed E-state index contributed by atoms with van der Waals surface area (Å²) in [4.78, 5) is 0. The summed E-state index contributed by atoms with van der Waals surface area (Å²) >= 11 is 0. The van der Waals surface area contributed by atoms with Gasteiger partial charge in [-0.1, -0.05) is 6.92 Å². The molecule has 1 N–H and O–H groups in total. The van der Waals surface area contributed by atoms with E-state index in [0.717, 1.165) is 19.6 Å². The minimum absolute atomic E-state index is 0.972. The second-order valence-corrected chi connectivity index (χ2v) is 3.11. The smallest absolute Gasteiger partial charge is 0.0581 e. The van der Waals surface area contributed by atoms with Gasteiger partial charge in [-0.2, -0.15) is 5.10 Å². The predicted octanol–water partition coefficient (Wildman–Crippen LogP) is 0.260. The zero-order valence-corrected chi connectivity index (χ0v) is 7.54. The van der Waals surface area contributed by atoms with Crippen molar-refractivity contribution in [1.29, 1.82) is 0 Å². The van der Waals surface area contributed by atoms with E-state index in [0.29, 0.717) is 0 Å². The molecule has 4 nitrogen and oxygen atoms in total. The average molecular weight is 166 g/mol. The van der Waals surface area contributed by atoms with Gasteiger partial charge in [0.1, 0.15) is 0 Å². The lowest BCUT2D eigenvalue weighted by Crippen LogP contribution is -2.33. The molecule has 0 unspecified atom stereocenters. The Morgan fingerprint density at radius 2 is 2.42 bits per heavy atom. The zero-order valence-electron chi connectivity index (χ0n) is 7.54. The Bertz CT molecular complexity index is 279. The molecule has 2 heterocycles. The molecule has 12 heavy (non-hydrogen) atoms. The Kier molecular flexibility index (Phi) is 1.86. The van der Waals surface area contributed by atoms with Crippen LogP contribution < -0.4 is 5.43 Å². The van der Waals surface area contributed by atoms with Crippen molar-refractivity contribution in [3.05, 3.63) is 17.5 Å². The van der Waals surface area contributed by atoms with Gasteiger partial charge in [-0.05, 0) is 0 Å². The van der Waals surface area contributed by atoms with E-state index in [1.165, 1.54) is 11.3 Å². The van der Waals surface area contributed by atoms with Crippen LogP contribution in [0.5, 0.6) is 0 Å². The second kappa shape index (κ2) is 2.88. The van der Waals surface area contributed by atoms with Crippen LogP contribution >= 0.6 is 0 Å². The van der Waals surface area contributed by atoms with Gasteiger partial charge in [0.05, 0.1) is 18.4 Å². The van der Waals surface area contributed by atoms with Crippen molar-refractivity contribution in [1.82, 2.24) is 20.2 Å². The molecule has 0 fully saturated rings. The highest BCUT2D eigenvalue weighted by Crippen LogP contribution is 2.19. The molecule has 0 aromatic carbocycles. The lowest BCUT2D eigenvalue weighted by Gasteiger charge is -2.14. The van der Waals surface area contributed by atoms with Crippen molar-refractivity contribution in [2.75, 3.05) is 6.54 Å². The molecule has 1 aliphatic heterocycles. The molecule has 4 heteroatoms. The lowest BCUT2D eigenvalue weighted by molar-refractivity contribution is 0.191. The number of fused-ring (bicyclic) bond motifs is 1. The SMILES string of the molecule is CCNN1Cc2cnn(C)c2C1. The highest BCUT2D eigenvalue weighted by molar-refractivity contribution is 5.21. The van der Waals surface area contributed by atoms with Crippen molar-refractivity contribution in [2.45, 2.75) is 20.0 Å². The van der Waals surface area contributed by atoms with Crippen LogP contribution in [-0.2, 0) is 20.1 Å². The van der Waals surface area contributed by atoms with Crippen LogP contribution in [0.4, 0.5) is 0 Å². The molecule has 1 aromatic rings. The average Bonchev–Trinajstić information content (AvgIpc) is 2.55. The number of rotatable bonds is 2. The van der Waals surface area contributed by atoms with Crippen LogP contribution in [0.15, 0.2) is 6.20 Å². The molecule has 1 aromatic heterocycles. The second-order valence-electron chi connectivity index (χ2n) is 3.11. The Balaban J connectivity index is 2.12. The van der Waals surface area contributed by atoms with E-state index >= 15 is 0 Å². The van der Waals surface area contributed by atoms with Gasteiger partial charge in [0.2, 0.25) is 0 Å². The Morgan fingerprint density at radius 3 is 3.08 bits per heavy atom. The monoisotopic (exact) mass is 166 g/mol. The van der Waals surface area contributed by atoms with Crippen molar-refractivity contribution < 1.29 is 0 Å². The molecule has 0 aliphatic carbocycles. The summed E-state index contributed by atoms with van der Waals surface area (Å²) in [6.45, 7) is 5.05. The van der Waals surface area contributed by atoms with Crippen molar-refractivity contribution in [3.8, 4) is 0 Å². The number of nitrogens with zero attached hydrogens (tertiary/aromatic N) is 3. The van der Waals surface area contributed by atoms with Crippen LogP contribution in [0, 0.1) is 0 Å². The normalized spacial score (nSPS) is 16.8. The quantitative estimate of drug-likeness (QED) is 0.684. The maximum absolute atomic E-state index is 4.20. The third kappa shape index (κ3) is 1.13. The van der Waals surface area contributed by atoms with E-state index in [-0.39, 0.29) is 0 Å².